The lowest BCUT2D eigenvalue weighted by atomic mass is 10.1. The zero-order valence-corrected chi connectivity index (χ0v) is 15.5. The lowest BCUT2D eigenvalue weighted by Gasteiger charge is -2.29. The van der Waals surface area contributed by atoms with Gasteiger partial charge in [-0.15, -0.1) is 11.8 Å². The minimum Gasteiger partial charge on any atom is -0.459 e. The number of benzene rings is 1. The first-order valence-corrected chi connectivity index (χ1v) is 9.55. The second-order valence-corrected chi connectivity index (χ2v) is 7.80. The Bertz CT molecular complexity index is 779. The maximum absolute atomic E-state index is 13.8. The molecule has 0 aliphatic carbocycles. The number of carbonyl (C=O) groups is 2. The van der Waals surface area contributed by atoms with Crippen molar-refractivity contribution in [2.75, 3.05) is 11.1 Å². The number of amides is 2. The maximum Gasteiger partial charge on any atom is 0.291 e. The average Bonchev–Trinajstić information content (AvgIpc) is 3.25. The van der Waals surface area contributed by atoms with E-state index in [1.165, 1.54) is 18.4 Å². The molecule has 26 heavy (non-hydrogen) atoms. The van der Waals surface area contributed by atoms with Gasteiger partial charge in [0.15, 0.2) is 5.76 Å². The van der Waals surface area contributed by atoms with E-state index < -0.39 is 17.8 Å². The van der Waals surface area contributed by atoms with Crippen LogP contribution < -0.4 is 5.32 Å². The number of hydrogen-bond acceptors (Lipinski definition) is 4. The Morgan fingerprint density at radius 1 is 1.31 bits per heavy atom. The third kappa shape index (κ3) is 3.93. The van der Waals surface area contributed by atoms with Gasteiger partial charge in [0.05, 0.1) is 17.3 Å². The summed E-state index contributed by atoms with van der Waals surface area (Å²) in [5, 5.41) is 2.48. The lowest BCUT2D eigenvalue weighted by molar-refractivity contribution is -0.119. The van der Waals surface area contributed by atoms with Crippen LogP contribution in [0, 0.1) is 11.7 Å². The molecule has 1 saturated heterocycles. The number of rotatable bonds is 5. The predicted molar refractivity (Wildman–Crippen MR) is 99.4 cm³/mol. The molecule has 1 aliphatic rings. The standard InChI is InChI=1S/C19H21FN2O3S/c1-12(2)10-17-22(19(24)16-8-5-9-25-16)15(11-26-17)18(23)21-14-7-4-3-6-13(14)20/h3-9,12,15,17H,10-11H2,1-2H3,(H,21,23). The van der Waals surface area contributed by atoms with Gasteiger partial charge in [-0.2, -0.15) is 0 Å². The van der Waals surface area contributed by atoms with E-state index in [0.29, 0.717) is 11.7 Å². The Balaban J connectivity index is 1.83. The third-order valence-corrected chi connectivity index (χ3v) is 5.48. The van der Waals surface area contributed by atoms with Crippen molar-refractivity contribution >= 4 is 29.3 Å². The molecular formula is C19H21FN2O3S. The molecule has 0 saturated carbocycles. The fourth-order valence-corrected chi connectivity index (χ4v) is 4.57. The van der Waals surface area contributed by atoms with Crippen LogP contribution in [0.5, 0.6) is 0 Å². The molecule has 1 aliphatic heterocycles. The Morgan fingerprint density at radius 2 is 2.08 bits per heavy atom. The van der Waals surface area contributed by atoms with Crippen LogP contribution in [0.15, 0.2) is 47.1 Å². The second kappa shape index (κ2) is 7.95. The Labute approximate surface area is 155 Å². The fraction of sp³-hybridized carbons (Fsp3) is 0.368. The van der Waals surface area contributed by atoms with E-state index >= 15 is 0 Å². The van der Waals surface area contributed by atoms with Crippen LogP contribution in [0.1, 0.15) is 30.8 Å². The fourth-order valence-electron chi connectivity index (χ4n) is 2.93. The van der Waals surface area contributed by atoms with E-state index in [-0.39, 0.29) is 22.7 Å². The largest absolute Gasteiger partial charge is 0.459 e. The van der Waals surface area contributed by atoms with Gasteiger partial charge < -0.3 is 14.6 Å². The van der Waals surface area contributed by atoms with Crippen LogP contribution in [0.2, 0.25) is 0 Å². The molecule has 2 amide bonds. The van der Waals surface area contributed by atoms with Crippen LogP contribution in [0.4, 0.5) is 10.1 Å². The first-order chi connectivity index (χ1) is 12.5. The van der Waals surface area contributed by atoms with Crippen LogP contribution in [-0.4, -0.2) is 33.9 Å². The number of nitrogens with one attached hydrogen (secondary N) is 1. The van der Waals surface area contributed by atoms with Crippen molar-refractivity contribution < 1.29 is 18.4 Å². The number of halogens is 1. The molecule has 2 unspecified atom stereocenters. The second-order valence-electron chi connectivity index (χ2n) is 6.59. The summed E-state index contributed by atoms with van der Waals surface area (Å²) in [5.74, 6) is -0.190. The smallest absolute Gasteiger partial charge is 0.291 e. The maximum atomic E-state index is 13.8. The Hall–Kier alpha value is -2.28. The van der Waals surface area contributed by atoms with Gasteiger partial charge in [0.25, 0.3) is 5.91 Å². The molecule has 2 atom stereocenters. The molecule has 138 valence electrons. The molecule has 2 heterocycles. The van der Waals surface area contributed by atoms with Crippen molar-refractivity contribution in [1.82, 2.24) is 4.90 Å². The van der Waals surface area contributed by atoms with E-state index in [1.807, 2.05) is 0 Å². The summed E-state index contributed by atoms with van der Waals surface area (Å²) in [6.45, 7) is 4.14. The van der Waals surface area contributed by atoms with Gasteiger partial charge >= 0.3 is 0 Å². The molecule has 3 rings (SSSR count). The minimum absolute atomic E-state index is 0.111. The van der Waals surface area contributed by atoms with Crippen molar-refractivity contribution in [3.8, 4) is 0 Å². The predicted octanol–water partition coefficient (Wildman–Crippen LogP) is 3.99. The molecule has 0 radical (unpaired) electrons. The molecule has 1 aromatic carbocycles. The quantitative estimate of drug-likeness (QED) is 0.857. The number of anilines is 1. The molecule has 0 spiro atoms. The molecule has 1 N–H and O–H groups in total. The first-order valence-electron chi connectivity index (χ1n) is 8.50. The van der Waals surface area contributed by atoms with Gasteiger partial charge in [-0.05, 0) is 36.6 Å². The van der Waals surface area contributed by atoms with Crippen LogP contribution >= 0.6 is 11.8 Å². The summed E-state index contributed by atoms with van der Waals surface area (Å²) < 4.78 is 19.1. The summed E-state index contributed by atoms with van der Waals surface area (Å²) in [7, 11) is 0. The number of furan rings is 1. The zero-order chi connectivity index (χ0) is 18.7. The van der Waals surface area contributed by atoms with E-state index in [1.54, 1.807) is 40.9 Å². The summed E-state index contributed by atoms with van der Waals surface area (Å²) >= 11 is 1.56. The van der Waals surface area contributed by atoms with E-state index in [9.17, 15) is 14.0 Å². The van der Waals surface area contributed by atoms with Crippen LogP contribution in [0.25, 0.3) is 0 Å². The normalized spacial score (nSPS) is 19.8. The van der Waals surface area contributed by atoms with Gasteiger partial charge in [0.1, 0.15) is 11.9 Å². The summed E-state index contributed by atoms with van der Waals surface area (Å²) in [4.78, 5) is 27.2. The number of carbonyl (C=O) groups excluding carboxylic acids is 2. The van der Waals surface area contributed by atoms with Crippen molar-refractivity contribution in [3.05, 3.63) is 54.2 Å². The molecule has 5 nitrogen and oxygen atoms in total. The first kappa shape index (κ1) is 18.5. The summed E-state index contributed by atoms with van der Waals surface area (Å²) in [6.07, 6.45) is 2.20. The highest BCUT2D eigenvalue weighted by Crippen LogP contribution is 2.35. The molecular weight excluding hydrogens is 355 g/mol. The molecule has 2 aromatic rings. The topological polar surface area (TPSA) is 62.6 Å². The van der Waals surface area contributed by atoms with Gasteiger partial charge in [0, 0.05) is 5.75 Å². The van der Waals surface area contributed by atoms with Crippen molar-refractivity contribution in [1.29, 1.82) is 0 Å². The average molecular weight is 376 g/mol. The summed E-state index contributed by atoms with van der Waals surface area (Å²) in [5.41, 5.74) is 0.111. The van der Waals surface area contributed by atoms with Gasteiger partial charge in [-0.25, -0.2) is 4.39 Å². The van der Waals surface area contributed by atoms with Gasteiger partial charge in [-0.1, -0.05) is 26.0 Å². The number of nitrogens with zero attached hydrogens (tertiary/aromatic N) is 1. The number of para-hydroxylation sites is 1. The van der Waals surface area contributed by atoms with E-state index in [4.69, 9.17) is 4.42 Å². The van der Waals surface area contributed by atoms with Gasteiger partial charge in [0.2, 0.25) is 5.91 Å². The highest BCUT2D eigenvalue weighted by Gasteiger charge is 2.42. The molecule has 7 heteroatoms. The zero-order valence-electron chi connectivity index (χ0n) is 14.6. The molecule has 0 bridgehead atoms. The summed E-state index contributed by atoms with van der Waals surface area (Å²) in [6, 6.07) is 8.54. The third-order valence-electron chi connectivity index (χ3n) is 4.17. The lowest BCUT2D eigenvalue weighted by Crippen LogP contribution is -2.48. The monoisotopic (exact) mass is 376 g/mol. The molecule has 1 fully saturated rings. The highest BCUT2D eigenvalue weighted by atomic mass is 32.2. The highest BCUT2D eigenvalue weighted by molar-refractivity contribution is 8.00. The number of thioether (sulfide) groups is 1. The van der Waals surface area contributed by atoms with Crippen LogP contribution in [0.3, 0.4) is 0 Å². The Morgan fingerprint density at radius 3 is 2.73 bits per heavy atom. The van der Waals surface area contributed by atoms with Gasteiger partial charge in [-0.3, -0.25) is 9.59 Å². The Kier molecular flexibility index (Phi) is 5.66. The molecule has 1 aromatic heterocycles. The SMILES string of the molecule is CC(C)CC1SCC(C(=O)Nc2ccccc2F)N1C(=O)c1ccco1. The van der Waals surface area contributed by atoms with Crippen molar-refractivity contribution in [3.63, 3.8) is 0 Å². The van der Waals surface area contributed by atoms with Crippen molar-refractivity contribution in [2.45, 2.75) is 31.7 Å². The van der Waals surface area contributed by atoms with Crippen molar-refractivity contribution in [2.24, 2.45) is 5.92 Å². The van der Waals surface area contributed by atoms with E-state index in [2.05, 4.69) is 19.2 Å². The van der Waals surface area contributed by atoms with Crippen LogP contribution in [-0.2, 0) is 4.79 Å². The minimum atomic E-state index is -0.680. The van der Waals surface area contributed by atoms with E-state index in [0.717, 1.165) is 6.42 Å². The number of hydrogen-bond donors (Lipinski definition) is 1.